The fourth-order valence-corrected chi connectivity index (χ4v) is 3.44. The molecule has 0 amide bonds. The van der Waals surface area contributed by atoms with Crippen LogP contribution in [0.1, 0.15) is 24.0 Å². The van der Waals surface area contributed by atoms with Crippen molar-refractivity contribution in [2.24, 2.45) is 5.92 Å². The van der Waals surface area contributed by atoms with Crippen molar-refractivity contribution in [2.75, 3.05) is 0 Å². The van der Waals surface area contributed by atoms with E-state index in [1.165, 1.54) is 27.8 Å². The summed E-state index contributed by atoms with van der Waals surface area (Å²) in [6.07, 6.45) is 11.4. The summed E-state index contributed by atoms with van der Waals surface area (Å²) in [4.78, 5) is 0. The first-order chi connectivity index (χ1) is 8.36. The van der Waals surface area contributed by atoms with Gasteiger partial charge in [0.2, 0.25) is 0 Å². The third kappa shape index (κ3) is 1.08. The summed E-state index contributed by atoms with van der Waals surface area (Å²) in [6.45, 7) is 2.22. The normalized spacial score (nSPS) is 27.9. The van der Waals surface area contributed by atoms with Gasteiger partial charge in [0.15, 0.2) is 0 Å². The molecule has 4 rings (SSSR count). The molecule has 0 bridgehead atoms. The van der Waals surface area contributed by atoms with Gasteiger partial charge in [-0.05, 0) is 34.8 Å². The van der Waals surface area contributed by atoms with Gasteiger partial charge in [-0.2, -0.15) is 0 Å². The highest BCUT2D eigenvalue weighted by molar-refractivity contribution is 5.83. The molecule has 1 aromatic rings. The molecule has 3 aliphatic rings. The monoisotopic (exact) mass is 218 g/mol. The Labute approximate surface area is 102 Å². The zero-order valence-electron chi connectivity index (χ0n) is 9.85. The van der Waals surface area contributed by atoms with E-state index >= 15 is 0 Å². The molecule has 2 unspecified atom stereocenters. The van der Waals surface area contributed by atoms with Crippen molar-refractivity contribution in [3.8, 4) is 0 Å². The van der Waals surface area contributed by atoms with Gasteiger partial charge in [0.25, 0.3) is 0 Å². The molecule has 0 radical (unpaired) electrons. The Morgan fingerprint density at radius 2 is 1.94 bits per heavy atom. The Balaban J connectivity index is 2.04. The summed E-state index contributed by atoms with van der Waals surface area (Å²) >= 11 is 0. The molecule has 0 heteroatoms. The second kappa shape index (κ2) is 3.10. The highest BCUT2D eigenvalue weighted by Gasteiger charge is 2.38. The highest BCUT2D eigenvalue weighted by atomic mass is 14.4. The van der Waals surface area contributed by atoms with E-state index in [0.717, 1.165) is 0 Å². The van der Waals surface area contributed by atoms with Crippen molar-refractivity contribution >= 4 is 5.57 Å². The van der Waals surface area contributed by atoms with Gasteiger partial charge in [-0.15, -0.1) is 0 Å². The van der Waals surface area contributed by atoms with Gasteiger partial charge < -0.3 is 0 Å². The molecule has 3 aliphatic carbocycles. The van der Waals surface area contributed by atoms with Crippen LogP contribution in [0.4, 0.5) is 0 Å². The fraction of sp³-hybridized carbons (Fsp3) is 0.176. The lowest BCUT2D eigenvalue weighted by atomic mass is 9.76. The molecule has 0 N–H and O–H groups in total. The largest absolute Gasteiger partial charge is 0.0758 e. The average molecular weight is 218 g/mol. The number of hydrogen-bond donors (Lipinski definition) is 0. The van der Waals surface area contributed by atoms with E-state index in [1.807, 2.05) is 0 Å². The summed E-state index contributed by atoms with van der Waals surface area (Å²) in [5.41, 5.74) is 7.37. The second-order valence-corrected chi connectivity index (χ2v) is 5.07. The molecule has 1 aromatic carbocycles. The van der Waals surface area contributed by atoms with Gasteiger partial charge >= 0.3 is 0 Å². The molecular formula is C17H14. The van der Waals surface area contributed by atoms with Crippen LogP contribution in [0, 0.1) is 5.92 Å². The molecule has 2 atom stereocenters. The van der Waals surface area contributed by atoms with Crippen LogP contribution in [0.15, 0.2) is 65.8 Å². The van der Waals surface area contributed by atoms with Crippen molar-refractivity contribution in [1.29, 1.82) is 0 Å². The Bertz CT molecular complexity index is 623. The average Bonchev–Trinajstić information content (AvgIpc) is 2.70. The maximum absolute atomic E-state index is 2.38. The molecule has 0 nitrogen and oxygen atoms in total. The van der Waals surface area contributed by atoms with Crippen LogP contribution in [-0.4, -0.2) is 0 Å². The first kappa shape index (κ1) is 9.23. The molecule has 0 saturated heterocycles. The van der Waals surface area contributed by atoms with Crippen LogP contribution >= 0.6 is 0 Å². The maximum atomic E-state index is 2.38. The number of fused-ring (bicyclic) bond motifs is 3. The van der Waals surface area contributed by atoms with Crippen molar-refractivity contribution in [3.05, 3.63) is 76.9 Å². The van der Waals surface area contributed by atoms with Crippen molar-refractivity contribution in [2.45, 2.75) is 12.8 Å². The van der Waals surface area contributed by atoms with E-state index in [1.54, 1.807) is 0 Å². The van der Waals surface area contributed by atoms with E-state index in [0.29, 0.717) is 11.8 Å². The van der Waals surface area contributed by atoms with E-state index in [9.17, 15) is 0 Å². The van der Waals surface area contributed by atoms with Crippen LogP contribution < -0.4 is 0 Å². The van der Waals surface area contributed by atoms with Crippen molar-refractivity contribution in [3.63, 3.8) is 0 Å². The number of allylic oxidation sites excluding steroid dienone is 8. The lowest BCUT2D eigenvalue weighted by molar-refractivity contribution is 0.713. The second-order valence-electron chi connectivity index (χ2n) is 5.07. The molecule has 0 spiro atoms. The summed E-state index contributed by atoms with van der Waals surface area (Å²) in [5.74, 6) is 1.13. The Hall–Kier alpha value is -1.82. The highest BCUT2D eigenvalue weighted by Crippen LogP contribution is 2.53. The maximum Gasteiger partial charge on any atom is 0.0202 e. The molecule has 0 heterocycles. The topological polar surface area (TPSA) is 0 Å². The van der Waals surface area contributed by atoms with Gasteiger partial charge in [-0.3, -0.25) is 0 Å². The van der Waals surface area contributed by atoms with E-state index in [4.69, 9.17) is 0 Å². The third-order valence-corrected chi connectivity index (χ3v) is 4.22. The third-order valence-electron chi connectivity index (χ3n) is 4.22. The van der Waals surface area contributed by atoms with Crippen molar-refractivity contribution in [1.82, 2.24) is 0 Å². The van der Waals surface area contributed by atoms with Crippen LogP contribution in [0.25, 0.3) is 5.57 Å². The first-order valence-corrected chi connectivity index (χ1v) is 6.23. The van der Waals surface area contributed by atoms with E-state index in [-0.39, 0.29) is 0 Å². The van der Waals surface area contributed by atoms with Gasteiger partial charge in [0.05, 0.1) is 0 Å². The SMILES string of the molecule is CC1=C2C=CC=C3c4ccccc4C(C=C1)C32. The summed E-state index contributed by atoms with van der Waals surface area (Å²) in [7, 11) is 0. The first-order valence-electron chi connectivity index (χ1n) is 6.23. The predicted molar refractivity (Wildman–Crippen MR) is 71.6 cm³/mol. The summed E-state index contributed by atoms with van der Waals surface area (Å²) in [5, 5.41) is 0. The standard InChI is InChI=1S/C17H14/c1-11-9-10-16-14-6-3-2-5-13(14)15-8-4-7-12(11)17(15)16/h2-10,16-17H,1H3. The molecule has 0 saturated carbocycles. The molecule has 17 heavy (non-hydrogen) atoms. The van der Waals surface area contributed by atoms with Gasteiger partial charge in [0.1, 0.15) is 0 Å². The zero-order valence-corrected chi connectivity index (χ0v) is 9.85. The predicted octanol–water partition coefficient (Wildman–Crippen LogP) is 4.24. The number of benzene rings is 1. The Morgan fingerprint density at radius 1 is 1.06 bits per heavy atom. The molecule has 0 aliphatic heterocycles. The van der Waals surface area contributed by atoms with Gasteiger partial charge in [-0.1, -0.05) is 54.6 Å². The zero-order chi connectivity index (χ0) is 11.4. The summed E-state index contributed by atoms with van der Waals surface area (Å²) < 4.78 is 0. The molecule has 82 valence electrons. The number of hydrogen-bond acceptors (Lipinski definition) is 0. The van der Waals surface area contributed by atoms with Crippen LogP contribution in [0.2, 0.25) is 0 Å². The van der Waals surface area contributed by atoms with Gasteiger partial charge in [-0.25, -0.2) is 0 Å². The lowest BCUT2D eigenvalue weighted by Crippen LogP contribution is -2.13. The quantitative estimate of drug-likeness (QED) is 0.611. The fourth-order valence-electron chi connectivity index (χ4n) is 3.44. The Kier molecular flexibility index (Phi) is 1.69. The van der Waals surface area contributed by atoms with Crippen LogP contribution in [0.3, 0.4) is 0 Å². The van der Waals surface area contributed by atoms with Crippen molar-refractivity contribution < 1.29 is 0 Å². The van der Waals surface area contributed by atoms with Crippen LogP contribution in [0.5, 0.6) is 0 Å². The number of rotatable bonds is 0. The molecular weight excluding hydrogens is 204 g/mol. The minimum absolute atomic E-state index is 0.557. The minimum Gasteiger partial charge on any atom is -0.0758 e. The lowest BCUT2D eigenvalue weighted by Gasteiger charge is -2.27. The smallest absolute Gasteiger partial charge is 0.0202 e. The van der Waals surface area contributed by atoms with E-state index in [2.05, 4.69) is 61.6 Å². The minimum atomic E-state index is 0.557. The van der Waals surface area contributed by atoms with Gasteiger partial charge in [0, 0.05) is 11.8 Å². The molecule has 0 aromatic heterocycles. The van der Waals surface area contributed by atoms with Crippen LogP contribution in [-0.2, 0) is 0 Å². The summed E-state index contributed by atoms with van der Waals surface area (Å²) in [6, 6.07) is 8.85. The molecule has 0 fully saturated rings. The Morgan fingerprint density at radius 3 is 2.88 bits per heavy atom. The van der Waals surface area contributed by atoms with E-state index < -0.39 is 0 Å².